The zero-order chi connectivity index (χ0) is 18.1. The predicted octanol–water partition coefficient (Wildman–Crippen LogP) is 3.29. The quantitative estimate of drug-likeness (QED) is 0.784. The van der Waals surface area contributed by atoms with Crippen LogP contribution in [0.2, 0.25) is 0 Å². The van der Waals surface area contributed by atoms with E-state index >= 15 is 0 Å². The van der Waals surface area contributed by atoms with Crippen molar-refractivity contribution >= 4 is 17.7 Å². The molecule has 0 bridgehead atoms. The monoisotopic (exact) mass is 342 g/mol. The highest BCUT2D eigenvalue weighted by atomic mass is 16.5. The van der Waals surface area contributed by atoms with E-state index in [2.05, 4.69) is 5.32 Å². The molecule has 0 aliphatic rings. The average Bonchev–Trinajstić information content (AvgIpc) is 2.62. The van der Waals surface area contributed by atoms with Gasteiger partial charge in [0.2, 0.25) is 0 Å². The van der Waals surface area contributed by atoms with Crippen molar-refractivity contribution in [3.05, 3.63) is 60.2 Å². The standard InChI is InChI=1S/C19H22N2O4/c1-3-25-18(22)14-21(13-15-9-5-4-6-10-15)19(23)20-16-11-7-8-12-17(16)24-2/h4-12H,3,13-14H2,1-2H3,(H,20,23). The molecule has 0 saturated carbocycles. The number of carbonyl (C=O) groups is 2. The third-order valence-electron chi connectivity index (χ3n) is 3.48. The lowest BCUT2D eigenvalue weighted by Gasteiger charge is -2.23. The molecule has 2 aromatic carbocycles. The van der Waals surface area contributed by atoms with Crippen molar-refractivity contribution < 1.29 is 19.1 Å². The highest BCUT2D eigenvalue weighted by molar-refractivity contribution is 5.92. The van der Waals surface area contributed by atoms with Gasteiger partial charge in [0, 0.05) is 6.54 Å². The number of carbonyl (C=O) groups excluding carboxylic acids is 2. The van der Waals surface area contributed by atoms with Gasteiger partial charge in [0.15, 0.2) is 0 Å². The fourth-order valence-corrected chi connectivity index (χ4v) is 2.31. The Bertz CT molecular complexity index is 704. The lowest BCUT2D eigenvalue weighted by molar-refractivity contribution is -0.143. The molecule has 0 aliphatic heterocycles. The van der Waals surface area contributed by atoms with Crippen LogP contribution in [0.3, 0.4) is 0 Å². The minimum absolute atomic E-state index is 0.135. The molecule has 0 aliphatic carbocycles. The molecule has 2 rings (SSSR count). The number of para-hydroxylation sites is 2. The zero-order valence-electron chi connectivity index (χ0n) is 14.4. The van der Waals surface area contributed by atoms with Crippen LogP contribution in [0.25, 0.3) is 0 Å². The van der Waals surface area contributed by atoms with Gasteiger partial charge in [-0.15, -0.1) is 0 Å². The number of benzene rings is 2. The second-order valence-electron chi connectivity index (χ2n) is 5.28. The first kappa shape index (κ1) is 18.3. The summed E-state index contributed by atoms with van der Waals surface area (Å²) in [4.78, 5) is 25.9. The van der Waals surface area contributed by atoms with Crippen LogP contribution in [0.15, 0.2) is 54.6 Å². The number of hydrogen-bond donors (Lipinski definition) is 1. The Balaban J connectivity index is 2.15. The maximum atomic E-state index is 12.7. The summed E-state index contributed by atoms with van der Waals surface area (Å²) in [5.41, 5.74) is 1.46. The van der Waals surface area contributed by atoms with Crippen LogP contribution in [0, 0.1) is 0 Å². The van der Waals surface area contributed by atoms with Crippen molar-refractivity contribution in [3.8, 4) is 5.75 Å². The number of esters is 1. The number of hydrogen-bond acceptors (Lipinski definition) is 4. The zero-order valence-corrected chi connectivity index (χ0v) is 14.4. The van der Waals surface area contributed by atoms with Gasteiger partial charge >= 0.3 is 12.0 Å². The molecule has 6 heteroatoms. The van der Waals surface area contributed by atoms with Gasteiger partial charge in [-0.25, -0.2) is 4.79 Å². The minimum Gasteiger partial charge on any atom is -0.495 e. The van der Waals surface area contributed by atoms with Crippen molar-refractivity contribution in [2.45, 2.75) is 13.5 Å². The summed E-state index contributed by atoms with van der Waals surface area (Å²) in [5, 5.41) is 2.78. The summed E-state index contributed by atoms with van der Waals surface area (Å²) in [6, 6.07) is 16.2. The van der Waals surface area contributed by atoms with Crippen LogP contribution in [-0.4, -0.2) is 37.2 Å². The number of urea groups is 1. The third kappa shape index (κ3) is 5.53. The van der Waals surface area contributed by atoms with E-state index in [0.29, 0.717) is 18.0 Å². The second-order valence-corrected chi connectivity index (χ2v) is 5.28. The Kier molecular flexibility index (Phi) is 6.83. The molecule has 0 heterocycles. The van der Waals surface area contributed by atoms with E-state index in [4.69, 9.17) is 9.47 Å². The number of ether oxygens (including phenoxy) is 2. The molecular formula is C19H22N2O4. The van der Waals surface area contributed by atoms with Crippen molar-refractivity contribution in [2.75, 3.05) is 25.6 Å². The van der Waals surface area contributed by atoms with Crippen LogP contribution in [0.1, 0.15) is 12.5 Å². The maximum Gasteiger partial charge on any atom is 0.325 e. The highest BCUT2D eigenvalue weighted by Crippen LogP contribution is 2.23. The fraction of sp³-hybridized carbons (Fsp3) is 0.263. The molecular weight excluding hydrogens is 320 g/mol. The van der Waals surface area contributed by atoms with Gasteiger partial charge in [-0.1, -0.05) is 42.5 Å². The molecule has 132 valence electrons. The summed E-state index contributed by atoms with van der Waals surface area (Å²) in [7, 11) is 1.53. The van der Waals surface area contributed by atoms with Crippen molar-refractivity contribution in [3.63, 3.8) is 0 Å². The Labute approximate surface area is 147 Å². The van der Waals surface area contributed by atoms with Crippen LogP contribution in [-0.2, 0) is 16.1 Å². The Morgan fingerprint density at radius 2 is 1.72 bits per heavy atom. The van der Waals surface area contributed by atoms with Crippen molar-refractivity contribution in [1.29, 1.82) is 0 Å². The van der Waals surface area contributed by atoms with Crippen LogP contribution >= 0.6 is 0 Å². The molecule has 0 atom stereocenters. The molecule has 0 fully saturated rings. The number of nitrogens with zero attached hydrogens (tertiary/aromatic N) is 1. The first-order chi connectivity index (χ1) is 12.1. The van der Waals surface area contributed by atoms with Crippen LogP contribution in [0.4, 0.5) is 10.5 Å². The van der Waals surface area contributed by atoms with Crippen molar-refractivity contribution in [1.82, 2.24) is 4.90 Å². The fourth-order valence-electron chi connectivity index (χ4n) is 2.31. The van der Waals surface area contributed by atoms with Crippen LogP contribution < -0.4 is 10.1 Å². The summed E-state index contributed by atoms with van der Waals surface area (Å²) in [6.07, 6.45) is 0. The summed E-state index contributed by atoms with van der Waals surface area (Å²) >= 11 is 0. The lowest BCUT2D eigenvalue weighted by atomic mass is 10.2. The first-order valence-corrected chi connectivity index (χ1v) is 8.02. The van der Waals surface area contributed by atoms with E-state index in [0.717, 1.165) is 5.56 Å². The van der Waals surface area contributed by atoms with Crippen molar-refractivity contribution in [2.24, 2.45) is 0 Å². The summed E-state index contributed by atoms with van der Waals surface area (Å²) in [5.74, 6) is 0.0975. The van der Waals surface area contributed by atoms with E-state index < -0.39 is 12.0 Å². The van der Waals surface area contributed by atoms with Gasteiger partial charge in [0.25, 0.3) is 0 Å². The van der Waals surface area contributed by atoms with Gasteiger partial charge < -0.3 is 19.7 Å². The topological polar surface area (TPSA) is 67.9 Å². The molecule has 1 N–H and O–H groups in total. The molecule has 0 aromatic heterocycles. The van der Waals surface area contributed by atoms with E-state index in [1.54, 1.807) is 25.1 Å². The number of methoxy groups -OCH3 is 1. The van der Waals surface area contributed by atoms with Gasteiger partial charge in [0.1, 0.15) is 12.3 Å². The SMILES string of the molecule is CCOC(=O)CN(Cc1ccccc1)C(=O)Nc1ccccc1OC. The number of nitrogens with one attached hydrogen (secondary N) is 1. The molecule has 2 aromatic rings. The second kappa shape index (κ2) is 9.32. The average molecular weight is 342 g/mol. The van der Waals surface area contributed by atoms with Gasteiger partial charge in [-0.2, -0.15) is 0 Å². The summed E-state index contributed by atoms with van der Waals surface area (Å²) in [6.45, 7) is 2.16. The first-order valence-electron chi connectivity index (χ1n) is 8.02. The number of rotatable bonds is 7. The maximum absolute atomic E-state index is 12.7. The Morgan fingerprint density at radius 1 is 1.04 bits per heavy atom. The lowest BCUT2D eigenvalue weighted by Crippen LogP contribution is -2.39. The predicted molar refractivity (Wildman–Crippen MR) is 95.5 cm³/mol. The molecule has 0 spiro atoms. The van der Waals surface area contributed by atoms with Gasteiger partial charge in [0.05, 0.1) is 19.4 Å². The van der Waals surface area contributed by atoms with Gasteiger partial charge in [-0.3, -0.25) is 4.79 Å². The normalized spacial score (nSPS) is 10.0. The molecule has 0 saturated heterocycles. The van der Waals surface area contributed by atoms with Gasteiger partial charge in [-0.05, 0) is 24.6 Å². The van der Waals surface area contributed by atoms with E-state index in [1.807, 2.05) is 36.4 Å². The number of anilines is 1. The molecule has 2 amide bonds. The minimum atomic E-state index is -0.450. The smallest absolute Gasteiger partial charge is 0.325 e. The van der Waals surface area contributed by atoms with E-state index in [1.165, 1.54) is 12.0 Å². The molecule has 0 unspecified atom stereocenters. The Hall–Kier alpha value is -3.02. The highest BCUT2D eigenvalue weighted by Gasteiger charge is 2.19. The molecule has 6 nitrogen and oxygen atoms in total. The summed E-state index contributed by atoms with van der Waals surface area (Å²) < 4.78 is 10.2. The van der Waals surface area contributed by atoms with E-state index in [9.17, 15) is 9.59 Å². The number of amides is 2. The molecule has 25 heavy (non-hydrogen) atoms. The largest absolute Gasteiger partial charge is 0.495 e. The van der Waals surface area contributed by atoms with Crippen LogP contribution in [0.5, 0.6) is 5.75 Å². The Morgan fingerprint density at radius 3 is 2.40 bits per heavy atom. The molecule has 0 radical (unpaired) electrons. The third-order valence-corrected chi connectivity index (χ3v) is 3.48. The van der Waals surface area contributed by atoms with E-state index in [-0.39, 0.29) is 13.2 Å².